The maximum absolute atomic E-state index is 3.93. The molecule has 0 fully saturated rings. The van der Waals surface area contributed by atoms with E-state index in [-0.39, 0.29) is 0 Å². The van der Waals surface area contributed by atoms with Crippen LogP contribution in [0.15, 0.2) is 11.1 Å². The summed E-state index contributed by atoms with van der Waals surface area (Å²) < 4.78 is 1.69. The minimum atomic E-state index is 0.916. The molecule has 4 heteroatoms. The lowest BCUT2D eigenvalue weighted by Gasteiger charge is -1.89. The van der Waals surface area contributed by atoms with Gasteiger partial charge in [0.25, 0.3) is 0 Å². The Morgan fingerprint density at radius 2 is 2.45 bits per heavy atom. The molecule has 0 radical (unpaired) electrons. The zero-order valence-corrected chi connectivity index (χ0v) is 7.72. The molecule has 3 nitrogen and oxygen atoms in total. The smallest absolute Gasteiger partial charge is 0.106 e. The van der Waals surface area contributed by atoms with Crippen molar-refractivity contribution in [2.45, 2.75) is 6.92 Å². The molecule has 0 aliphatic rings. The third-order valence-electron chi connectivity index (χ3n) is 1.29. The summed E-state index contributed by atoms with van der Waals surface area (Å²) in [5, 5.41) is 7.74. The van der Waals surface area contributed by atoms with Crippen LogP contribution in [0.2, 0.25) is 0 Å². The van der Waals surface area contributed by atoms with Crippen LogP contribution in [0.3, 0.4) is 0 Å². The highest BCUT2D eigenvalue weighted by Crippen LogP contribution is 2.12. The minimum absolute atomic E-state index is 0.916. The fraction of sp³-hybridized carbons (Fsp3) is 0.429. The largest absolute Gasteiger partial charge is 0.255 e. The number of hydrogen-bond acceptors (Lipinski definition) is 3. The molecule has 0 N–H and O–H groups in total. The van der Waals surface area contributed by atoms with Gasteiger partial charge in [0, 0.05) is 7.05 Å². The van der Waals surface area contributed by atoms with E-state index in [4.69, 9.17) is 0 Å². The molecular formula is C7H11N3S. The van der Waals surface area contributed by atoms with Crippen LogP contribution in [-0.2, 0) is 7.05 Å². The normalized spacial score (nSPS) is 12.1. The zero-order chi connectivity index (χ0) is 8.27. The number of thioether (sulfide) groups is 1. The van der Waals surface area contributed by atoms with Gasteiger partial charge in [-0.05, 0) is 24.2 Å². The van der Waals surface area contributed by atoms with E-state index in [1.165, 1.54) is 4.91 Å². The van der Waals surface area contributed by atoms with Gasteiger partial charge >= 0.3 is 0 Å². The maximum Gasteiger partial charge on any atom is 0.106 e. The molecule has 0 amide bonds. The summed E-state index contributed by atoms with van der Waals surface area (Å²) in [5.41, 5.74) is 0.916. The first-order valence-corrected chi connectivity index (χ1v) is 4.53. The molecule has 1 aromatic heterocycles. The highest BCUT2D eigenvalue weighted by molar-refractivity contribution is 8.02. The second-order valence-electron chi connectivity index (χ2n) is 2.28. The van der Waals surface area contributed by atoms with E-state index in [1.54, 1.807) is 16.4 Å². The van der Waals surface area contributed by atoms with Crippen molar-refractivity contribution in [3.8, 4) is 0 Å². The number of aryl methyl sites for hydroxylation is 1. The Balaban J connectivity index is 2.78. The van der Waals surface area contributed by atoms with Crippen LogP contribution >= 0.6 is 11.8 Å². The van der Waals surface area contributed by atoms with Gasteiger partial charge in [0.15, 0.2) is 0 Å². The van der Waals surface area contributed by atoms with Gasteiger partial charge in [-0.1, -0.05) is 5.21 Å². The molecule has 0 aromatic carbocycles. The van der Waals surface area contributed by atoms with Gasteiger partial charge in [-0.25, -0.2) is 0 Å². The summed E-state index contributed by atoms with van der Waals surface area (Å²) in [6.07, 6.45) is 5.94. The van der Waals surface area contributed by atoms with E-state index in [0.717, 1.165) is 5.69 Å². The van der Waals surface area contributed by atoms with Crippen LogP contribution in [0.1, 0.15) is 12.6 Å². The van der Waals surface area contributed by atoms with E-state index in [9.17, 15) is 0 Å². The van der Waals surface area contributed by atoms with Crippen LogP contribution in [0.25, 0.3) is 6.08 Å². The molecule has 0 atom stereocenters. The Morgan fingerprint density at radius 3 is 2.91 bits per heavy atom. The first-order valence-electron chi connectivity index (χ1n) is 3.31. The monoisotopic (exact) mass is 169 g/mol. The molecule has 0 aliphatic heterocycles. The minimum Gasteiger partial charge on any atom is -0.255 e. The van der Waals surface area contributed by atoms with Crippen LogP contribution in [0.5, 0.6) is 0 Å². The second kappa shape index (κ2) is 3.57. The first-order chi connectivity index (χ1) is 5.22. The summed E-state index contributed by atoms with van der Waals surface area (Å²) in [5.74, 6) is 0. The topological polar surface area (TPSA) is 30.7 Å². The molecule has 60 valence electrons. The van der Waals surface area contributed by atoms with Gasteiger partial charge in [0.1, 0.15) is 5.69 Å². The van der Waals surface area contributed by atoms with Crippen molar-refractivity contribution < 1.29 is 0 Å². The summed E-state index contributed by atoms with van der Waals surface area (Å²) in [7, 11) is 1.86. The molecule has 1 aromatic rings. The second-order valence-corrected chi connectivity index (χ2v) is 3.33. The van der Waals surface area contributed by atoms with Crippen LogP contribution in [-0.4, -0.2) is 21.2 Å². The fourth-order valence-electron chi connectivity index (χ4n) is 0.699. The van der Waals surface area contributed by atoms with Crippen LogP contribution in [0.4, 0.5) is 0 Å². The number of allylic oxidation sites excluding steroid dienone is 1. The average molecular weight is 169 g/mol. The molecule has 0 saturated heterocycles. The highest BCUT2D eigenvalue weighted by atomic mass is 32.2. The number of aromatic nitrogens is 3. The third kappa shape index (κ3) is 2.38. The van der Waals surface area contributed by atoms with Gasteiger partial charge in [-0.3, -0.25) is 4.68 Å². The summed E-state index contributed by atoms with van der Waals surface area (Å²) in [6, 6.07) is 0. The summed E-state index contributed by atoms with van der Waals surface area (Å²) in [4.78, 5) is 1.24. The molecule has 0 aliphatic carbocycles. The summed E-state index contributed by atoms with van der Waals surface area (Å²) in [6.45, 7) is 2.05. The lowest BCUT2D eigenvalue weighted by Crippen LogP contribution is -1.85. The number of hydrogen-bond donors (Lipinski definition) is 0. The van der Waals surface area contributed by atoms with Crippen molar-refractivity contribution in [2.24, 2.45) is 7.05 Å². The van der Waals surface area contributed by atoms with Crippen molar-refractivity contribution in [3.63, 3.8) is 0 Å². The van der Waals surface area contributed by atoms with Gasteiger partial charge in [0.2, 0.25) is 0 Å². The van der Waals surface area contributed by atoms with E-state index in [0.29, 0.717) is 0 Å². The lowest BCUT2D eigenvalue weighted by molar-refractivity contribution is 0.714. The van der Waals surface area contributed by atoms with Crippen molar-refractivity contribution in [1.29, 1.82) is 0 Å². The van der Waals surface area contributed by atoms with E-state index >= 15 is 0 Å². The predicted octanol–water partition coefficient (Wildman–Crippen LogP) is 1.54. The van der Waals surface area contributed by atoms with Gasteiger partial charge in [-0.15, -0.1) is 16.9 Å². The average Bonchev–Trinajstić information content (AvgIpc) is 2.35. The SMILES string of the molecule is CS/C(C)=C\c1cn(C)nn1. The lowest BCUT2D eigenvalue weighted by atomic mass is 10.4. The predicted molar refractivity (Wildman–Crippen MR) is 48.2 cm³/mol. The Bertz CT molecular complexity index is 264. The zero-order valence-electron chi connectivity index (χ0n) is 6.90. The molecule has 0 saturated carbocycles. The van der Waals surface area contributed by atoms with Crippen molar-refractivity contribution in [3.05, 3.63) is 16.8 Å². The van der Waals surface area contributed by atoms with Gasteiger partial charge in [-0.2, -0.15) is 0 Å². The van der Waals surface area contributed by atoms with Gasteiger partial charge < -0.3 is 0 Å². The van der Waals surface area contributed by atoms with Crippen molar-refractivity contribution in [1.82, 2.24) is 15.0 Å². The van der Waals surface area contributed by atoms with Crippen LogP contribution < -0.4 is 0 Å². The Hall–Kier alpha value is -0.770. The van der Waals surface area contributed by atoms with E-state index in [1.807, 2.05) is 25.6 Å². The standard InChI is InChI=1S/C7H11N3S/c1-6(11-3)4-7-5-10(2)9-8-7/h4-5H,1-3H3/b6-4-. The third-order valence-corrected chi connectivity index (χ3v) is 2.06. The Kier molecular flexibility index (Phi) is 2.70. The molecule has 11 heavy (non-hydrogen) atoms. The fourth-order valence-corrected chi connectivity index (χ4v) is 0.937. The first kappa shape index (κ1) is 8.33. The molecule has 0 bridgehead atoms. The number of nitrogens with zero attached hydrogens (tertiary/aromatic N) is 3. The van der Waals surface area contributed by atoms with E-state index < -0.39 is 0 Å². The molecule has 1 rings (SSSR count). The Morgan fingerprint density at radius 1 is 1.73 bits per heavy atom. The molecule has 0 spiro atoms. The highest BCUT2D eigenvalue weighted by Gasteiger charge is 1.93. The maximum atomic E-state index is 3.93. The molecule has 0 unspecified atom stereocenters. The van der Waals surface area contributed by atoms with E-state index in [2.05, 4.69) is 17.2 Å². The molecular weight excluding hydrogens is 158 g/mol. The Labute approximate surface area is 70.5 Å². The van der Waals surface area contributed by atoms with Crippen molar-refractivity contribution >= 4 is 17.8 Å². The van der Waals surface area contributed by atoms with Gasteiger partial charge in [0.05, 0.1) is 6.20 Å². The number of rotatable bonds is 2. The van der Waals surface area contributed by atoms with Crippen LogP contribution in [0, 0.1) is 0 Å². The molecule has 1 heterocycles. The quantitative estimate of drug-likeness (QED) is 0.672. The summed E-state index contributed by atoms with van der Waals surface area (Å²) >= 11 is 1.71. The van der Waals surface area contributed by atoms with Crippen molar-refractivity contribution in [2.75, 3.05) is 6.26 Å².